The Bertz CT molecular complexity index is 615. The Morgan fingerprint density at radius 1 is 1.36 bits per heavy atom. The number of carbonyl (C=O) groups excluding carboxylic acids is 1. The summed E-state index contributed by atoms with van der Waals surface area (Å²) >= 11 is 0. The molecule has 1 heterocycles. The van der Waals surface area contributed by atoms with Crippen molar-refractivity contribution in [3.8, 4) is 0 Å². The van der Waals surface area contributed by atoms with Crippen LogP contribution in [0.15, 0.2) is 36.5 Å². The molecule has 1 aromatic heterocycles. The number of fused-ring (bicyclic) bond motifs is 1. The van der Waals surface area contributed by atoms with Gasteiger partial charge < -0.3 is 19.7 Å². The van der Waals surface area contributed by atoms with Crippen LogP contribution in [-0.4, -0.2) is 41.4 Å². The van der Waals surface area contributed by atoms with Gasteiger partial charge in [-0.2, -0.15) is 0 Å². The molecule has 5 nitrogen and oxygen atoms in total. The average molecular weight is 304 g/mol. The molecule has 2 aromatic rings. The number of rotatable bonds is 8. The minimum absolute atomic E-state index is 0.0162. The Morgan fingerprint density at radius 2 is 2.14 bits per heavy atom. The number of aryl methyl sites for hydroxylation is 1. The normalized spacial score (nSPS) is 14.0. The third-order valence-electron chi connectivity index (χ3n) is 3.83. The predicted octanol–water partition coefficient (Wildman–Crippen LogP) is 1.94. The standard InChI is InChI=1S/C17H24N2O3/c1-17(9-12-20,13-22-2)18-16(21)8-11-19-10-7-14-5-3-4-6-15(14)19/h3-7,10,20H,8-9,11-13H2,1-2H3,(H,18,21). The molecule has 5 heteroatoms. The van der Waals surface area contributed by atoms with Crippen LogP contribution in [0.2, 0.25) is 0 Å². The summed E-state index contributed by atoms with van der Waals surface area (Å²) in [6, 6.07) is 10.2. The van der Waals surface area contributed by atoms with E-state index in [1.54, 1.807) is 7.11 Å². The second-order valence-electron chi connectivity index (χ2n) is 5.83. The molecule has 2 N–H and O–H groups in total. The van der Waals surface area contributed by atoms with Crippen LogP contribution >= 0.6 is 0 Å². The minimum Gasteiger partial charge on any atom is -0.396 e. The van der Waals surface area contributed by atoms with Gasteiger partial charge in [-0.25, -0.2) is 0 Å². The van der Waals surface area contributed by atoms with E-state index < -0.39 is 5.54 Å². The van der Waals surface area contributed by atoms with Crippen molar-refractivity contribution in [3.05, 3.63) is 36.5 Å². The molecule has 0 aliphatic heterocycles. The number of ether oxygens (including phenoxy) is 1. The zero-order valence-corrected chi connectivity index (χ0v) is 13.2. The Balaban J connectivity index is 1.94. The zero-order valence-electron chi connectivity index (χ0n) is 13.2. The molecule has 1 aromatic carbocycles. The number of amides is 1. The fourth-order valence-corrected chi connectivity index (χ4v) is 2.69. The first-order valence-corrected chi connectivity index (χ1v) is 7.53. The number of carbonyl (C=O) groups is 1. The van der Waals surface area contributed by atoms with Crippen molar-refractivity contribution in [2.75, 3.05) is 20.3 Å². The van der Waals surface area contributed by atoms with E-state index in [0.29, 0.717) is 26.0 Å². The second-order valence-corrected chi connectivity index (χ2v) is 5.83. The highest BCUT2D eigenvalue weighted by Crippen LogP contribution is 2.16. The monoisotopic (exact) mass is 304 g/mol. The molecular formula is C17H24N2O3. The maximum absolute atomic E-state index is 12.2. The molecule has 0 saturated carbocycles. The van der Waals surface area contributed by atoms with Gasteiger partial charge in [0.15, 0.2) is 0 Å². The van der Waals surface area contributed by atoms with Crippen molar-refractivity contribution in [3.63, 3.8) is 0 Å². The number of nitrogens with zero attached hydrogens (tertiary/aromatic N) is 1. The highest BCUT2D eigenvalue weighted by atomic mass is 16.5. The summed E-state index contributed by atoms with van der Waals surface area (Å²) < 4.78 is 7.22. The number of hydrogen-bond donors (Lipinski definition) is 2. The molecule has 0 radical (unpaired) electrons. The maximum Gasteiger partial charge on any atom is 0.222 e. The molecule has 1 atom stereocenters. The van der Waals surface area contributed by atoms with E-state index >= 15 is 0 Å². The van der Waals surface area contributed by atoms with E-state index in [9.17, 15) is 4.79 Å². The van der Waals surface area contributed by atoms with Crippen LogP contribution in [0, 0.1) is 0 Å². The minimum atomic E-state index is -0.528. The van der Waals surface area contributed by atoms with E-state index in [1.165, 1.54) is 5.39 Å². The van der Waals surface area contributed by atoms with Crippen LogP contribution in [-0.2, 0) is 16.1 Å². The summed E-state index contributed by atoms with van der Waals surface area (Å²) in [4.78, 5) is 12.2. The van der Waals surface area contributed by atoms with Crippen LogP contribution in [0.25, 0.3) is 10.9 Å². The number of benzene rings is 1. The maximum atomic E-state index is 12.2. The van der Waals surface area contributed by atoms with Crippen molar-refractivity contribution in [1.29, 1.82) is 0 Å². The van der Waals surface area contributed by atoms with Gasteiger partial charge in [0.25, 0.3) is 0 Å². The van der Waals surface area contributed by atoms with Crippen molar-refractivity contribution >= 4 is 16.8 Å². The highest BCUT2D eigenvalue weighted by Gasteiger charge is 2.25. The third kappa shape index (κ3) is 4.08. The smallest absolute Gasteiger partial charge is 0.222 e. The first-order chi connectivity index (χ1) is 10.6. The number of aromatic nitrogens is 1. The summed E-state index contributed by atoms with van der Waals surface area (Å²) in [6.07, 6.45) is 2.86. The van der Waals surface area contributed by atoms with Crippen molar-refractivity contribution in [2.24, 2.45) is 0 Å². The fraction of sp³-hybridized carbons (Fsp3) is 0.471. The van der Waals surface area contributed by atoms with Crippen LogP contribution in [0.1, 0.15) is 19.8 Å². The van der Waals surface area contributed by atoms with Gasteiger partial charge in [-0.3, -0.25) is 4.79 Å². The van der Waals surface area contributed by atoms with E-state index in [-0.39, 0.29) is 12.5 Å². The Morgan fingerprint density at radius 3 is 2.86 bits per heavy atom. The lowest BCUT2D eigenvalue weighted by atomic mass is 9.99. The van der Waals surface area contributed by atoms with E-state index in [4.69, 9.17) is 9.84 Å². The lowest BCUT2D eigenvalue weighted by Gasteiger charge is -2.29. The van der Waals surface area contributed by atoms with Crippen molar-refractivity contribution in [1.82, 2.24) is 9.88 Å². The Labute approximate surface area is 130 Å². The lowest BCUT2D eigenvalue weighted by molar-refractivity contribution is -0.124. The fourth-order valence-electron chi connectivity index (χ4n) is 2.69. The number of para-hydroxylation sites is 1. The highest BCUT2D eigenvalue weighted by molar-refractivity contribution is 5.80. The van der Waals surface area contributed by atoms with Crippen LogP contribution < -0.4 is 5.32 Å². The van der Waals surface area contributed by atoms with Gasteiger partial charge in [-0.15, -0.1) is 0 Å². The summed E-state index contributed by atoms with van der Waals surface area (Å²) in [7, 11) is 1.59. The largest absolute Gasteiger partial charge is 0.396 e. The number of aliphatic hydroxyl groups excluding tert-OH is 1. The zero-order chi connectivity index (χ0) is 16.0. The molecule has 0 aliphatic carbocycles. The molecule has 2 rings (SSSR count). The van der Waals surface area contributed by atoms with E-state index in [1.807, 2.05) is 37.4 Å². The molecule has 0 saturated heterocycles. The molecule has 1 unspecified atom stereocenters. The molecule has 0 fully saturated rings. The molecule has 0 aliphatic rings. The molecule has 1 amide bonds. The summed E-state index contributed by atoms with van der Waals surface area (Å²) in [6.45, 7) is 2.91. The second kappa shape index (κ2) is 7.42. The van der Waals surface area contributed by atoms with Crippen LogP contribution in [0.3, 0.4) is 0 Å². The first-order valence-electron chi connectivity index (χ1n) is 7.53. The number of hydrogen-bond acceptors (Lipinski definition) is 3. The predicted molar refractivity (Wildman–Crippen MR) is 86.7 cm³/mol. The van der Waals surface area contributed by atoms with Gasteiger partial charge in [0.2, 0.25) is 5.91 Å². The lowest BCUT2D eigenvalue weighted by Crippen LogP contribution is -2.50. The quantitative estimate of drug-likeness (QED) is 0.783. The van der Waals surface area contributed by atoms with Crippen molar-refractivity contribution in [2.45, 2.75) is 31.8 Å². The molecule has 22 heavy (non-hydrogen) atoms. The SMILES string of the molecule is COCC(C)(CCO)NC(=O)CCn1ccc2ccccc21. The van der Waals surface area contributed by atoms with Gasteiger partial charge in [-0.1, -0.05) is 18.2 Å². The van der Waals surface area contributed by atoms with Crippen molar-refractivity contribution < 1.29 is 14.6 Å². The van der Waals surface area contributed by atoms with Crippen LogP contribution in [0.4, 0.5) is 0 Å². The van der Waals surface area contributed by atoms with Gasteiger partial charge in [-0.05, 0) is 30.9 Å². The van der Waals surface area contributed by atoms with Crippen LogP contribution in [0.5, 0.6) is 0 Å². The van der Waals surface area contributed by atoms with E-state index in [0.717, 1.165) is 5.52 Å². The van der Waals surface area contributed by atoms with E-state index in [2.05, 4.69) is 16.0 Å². The topological polar surface area (TPSA) is 63.5 Å². The number of methoxy groups -OCH3 is 1. The molecule has 0 spiro atoms. The Kier molecular flexibility index (Phi) is 5.57. The van der Waals surface area contributed by atoms with Gasteiger partial charge >= 0.3 is 0 Å². The van der Waals surface area contributed by atoms with Gasteiger partial charge in [0.1, 0.15) is 0 Å². The molecule has 0 bridgehead atoms. The summed E-state index contributed by atoms with van der Waals surface area (Å²) in [5, 5.41) is 13.3. The first kappa shape index (κ1) is 16.5. The molecular weight excluding hydrogens is 280 g/mol. The number of aliphatic hydroxyl groups is 1. The summed E-state index contributed by atoms with van der Waals surface area (Å²) in [5.74, 6) is -0.0363. The number of nitrogens with one attached hydrogen (secondary N) is 1. The average Bonchev–Trinajstić information content (AvgIpc) is 2.88. The summed E-state index contributed by atoms with van der Waals surface area (Å²) in [5.41, 5.74) is 0.601. The Hall–Kier alpha value is -1.85. The molecule has 120 valence electrons. The van der Waals surface area contributed by atoms with Gasteiger partial charge in [0.05, 0.1) is 12.1 Å². The van der Waals surface area contributed by atoms with Gasteiger partial charge in [0, 0.05) is 38.4 Å². The third-order valence-corrected chi connectivity index (χ3v) is 3.83.